The lowest BCUT2D eigenvalue weighted by Crippen LogP contribution is -2.24. The van der Waals surface area contributed by atoms with Crippen LogP contribution in [-0.4, -0.2) is 18.0 Å². The quantitative estimate of drug-likeness (QED) is 0.644. The molecule has 0 aromatic carbocycles. The first-order valence-electron chi connectivity index (χ1n) is 6.27. The van der Waals surface area contributed by atoms with Gasteiger partial charge in [0.25, 0.3) is 0 Å². The van der Waals surface area contributed by atoms with E-state index in [4.69, 9.17) is 0 Å². The van der Waals surface area contributed by atoms with Crippen molar-refractivity contribution >= 4 is 0 Å². The van der Waals surface area contributed by atoms with Crippen LogP contribution in [0.15, 0.2) is 12.3 Å². The van der Waals surface area contributed by atoms with Crippen molar-refractivity contribution in [3.05, 3.63) is 12.3 Å². The fourth-order valence-electron chi connectivity index (χ4n) is 2.09. The zero-order valence-electron chi connectivity index (χ0n) is 9.84. The third-order valence-electron chi connectivity index (χ3n) is 3.33. The molecular formula is C13H25N. The SMILES string of the molecule is CCC(CC)C/C=C/N1CCCCC1. The van der Waals surface area contributed by atoms with E-state index >= 15 is 0 Å². The second kappa shape index (κ2) is 6.92. The van der Waals surface area contributed by atoms with E-state index in [9.17, 15) is 0 Å². The summed E-state index contributed by atoms with van der Waals surface area (Å²) in [5, 5.41) is 0. The van der Waals surface area contributed by atoms with Crippen LogP contribution in [0.5, 0.6) is 0 Å². The molecule has 0 amide bonds. The maximum Gasteiger partial charge on any atom is 0.0172 e. The molecule has 0 N–H and O–H groups in total. The van der Waals surface area contributed by atoms with Gasteiger partial charge in [-0.25, -0.2) is 0 Å². The number of hydrogen-bond donors (Lipinski definition) is 0. The summed E-state index contributed by atoms with van der Waals surface area (Å²) in [5.74, 6) is 0.899. The van der Waals surface area contributed by atoms with Gasteiger partial charge in [-0.15, -0.1) is 0 Å². The highest BCUT2D eigenvalue weighted by molar-refractivity contribution is 4.85. The van der Waals surface area contributed by atoms with E-state index in [0.717, 1.165) is 5.92 Å². The number of allylic oxidation sites excluding steroid dienone is 1. The Hall–Kier alpha value is -0.460. The van der Waals surface area contributed by atoms with Crippen molar-refractivity contribution in [3.63, 3.8) is 0 Å². The lowest BCUT2D eigenvalue weighted by atomic mass is 10.00. The monoisotopic (exact) mass is 195 g/mol. The van der Waals surface area contributed by atoms with Gasteiger partial charge in [0, 0.05) is 13.1 Å². The molecule has 1 heterocycles. The summed E-state index contributed by atoms with van der Waals surface area (Å²) in [7, 11) is 0. The minimum absolute atomic E-state index is 0.899. The zero-order valence-corrected chi connectivity index (χ0v) is 9.84. The normalized spacial score (nSPS) is 18.4. The second-order valence-electron chi connectivity index (χ2n) is 4.40. The Bertz CT molecular complexity index is 153. The van der Waals surface area contributed by atoms with E-state index in [1.807, 2.05) is 0 Å². The number of rotatable bonds is 5. The topological polar surface area (TPSA) is 3.24 Å². The molecule has 1 aliphatic rings. The minimum atomic E-state index is 0.899. The average molecular weight is 195 g/mol. The molecule has 1 rings (SSSR count). The van der Waals surface area contributed by atoms with Crippen molar-refractivity contribution in [2.45, 2.75) is 52.4 Å². The Morgan fingerprint density at radius 1 is 1.07 bits per heavy atom. The summed E-state index contributed by atoms with van der Waals surface area (Å²) < 4.78 is 0. The maximum atomic E-state index is 2.48. The lowest BCUT2D eigenvalue weighted by Gasteiger charge is -2.25. The van der Waals surface area contributed by atoms with Gasteiger partial charge in [0.05, 0.1) is 0 Å². The van der Waals surface area contributed by atoms with Gasteiger partial charge in [-0.1, -0.05) is 32.8 Å². The van der Waals surface area contributed by atoms with Crippen LogP contribution in [0.3, 0.4) is 0 Å². The van der Waals surface area contributed by atoms with E-state index in [0.29, 0.717) is 0 Å². The Morgan fingerprint density at radius 2 is 1.71 bits per heavy atom. The average Bonchev–Trinajstić information content (AvgIpc) is 2.26. The molecular weight excluding hydrogens is 170 g/mol. The van der Waals surface area contributed by atoms with Crippen LogP contribution in [0.25, 0.3) is 0 Å². The first-order valence-corrected chi connectivity index (χ1v) is 6.27. The van der Waals surface area contributed by atoms with Crippen LogP contribution in [-0.2, 0) is 0 Å². The minimum Gasteiger partial charge on any atom is -0.378 e. The molecule has 1 nitrogen and oxygen atoms in total. The van der Waals surface area contributed by atoms with Gasteiger partial charge in [0.1, 0.15) is 0 Å². The van der Waals surface area contributed by atoms with Crippen molar-refractivity contribution in [3.8, 4) is 0 Å². The van der Waals surface area contributed by atoms with Crippen molar-refractivity contribution < 1.29 is 0 Å². The summed E-state index contributed by atoms with van der Waals surface area (Å²) in [5.41, 5.74) is 0. The number of piperidine rings is 1. The molecule has 0 bridgehead atoms. The molecule has 0 unspecified atom stereocenters. The molecule has 0 saturated carbocycles. The first kappa shape index (κ1) is 11.6. The van der Waals surface area contributed by atoms with Crippen LogP contribution < -0.4 is 0 Å². The lowest BCUT2D eigenvalue weighted by molar-refractivity contribution is 0.308. The Labute approximate surface area is 89.2 Å². The molecule has 0 aromatic heterocycles. The molecule has 0 atom stereocenters. The van der Waals surface area contributed by atoms with Crippen molar-refractivity contribution in [2.75, 3.05) is 13.1 Å². The fraction of sp³-hybridized carbons (Fsp3) is 0.846. The highest BCUT2D eigenvalue weighted by Crippen LogP contribution is 2.14. The third-order valence-corrected chi connectivity index (χ3v) is 3.33. The largest absolute Gasteiger partial charge is 0.378 e. The van der Waals surface area contributed by atoms with Gasteiger partial charge < -0.3 is 4.90 Å². The number of nitrogens with zero attached hydrogens (tertiary/aromatic N) is 1. The predicted octanol–water partition coefficient (Wildman–Crippen LogP) is 3.81. The summed E-state index contributed by atoms with van der Waals surface area (Å²) in [6, 6.07) is 0. The van der Waals surface area contributed by atoms with Gasteiger partial charge in [0.2, 0.25) is 0 Å². The number of hydrogen-bond acceptors (Lipinski definition) is 1. The molecule has 1 heteroatoms. The van der Waals surface area contributed by atoms with E-state index in [-0.39, 0.29) is 0 Å². The van der Waals surface area contributed by atoms with Crippen LogP contribution in [0.4, 0.5) is 0 Å². The van der Waals surface area contributed by atoms with Crippen molar-refractivity contribution in [2.24, 2.45) is 5.92 Å². The fourth-order valence-corrected chi connectivity index (χ4v) is 2.09. The highest BCUT2D eigenvalue weighted by atomic mass is 15.1. The zero-order chi connectivity index (χ0) is 10.2. The van der Waals surface area contributed by atoms with E-state index in [1.54, 1.807) is 0 Å². The Balaban J connectivity index is 2.17. The maximum absolute atomic E-state index is 2.48. The summed E-state index contributed by atoms with van der Waals surface area (Å²) in [6.45, 7) is 7.14. The molecule has 14 heavy (non-hydrogen) atoms. The summed E-state index contributed by atoms with van der Waals surface area (Å²) >= 11 is 0. The first-order chi connectivity index (χ1) is 6.86. The van der Waals surface area contributed by atoms with Gasteiger partial charge in [-0.2, -0.15) is 0 Å². The molecule has 1 aliphatic heterocycles. The van der Waals surface area contributed by atoms with Gasteiger partial charge in [-0.05, 0) is 37.8 Å². The van der Waals surface area contributed by atoms with Crippen molar-refractivity contribution in [1.82, 2.24) is 4.90 Å². The van der Waals surface area contributed by atoms with Crippen LogP contribution >= 0.6 is 0 Å². The van der Waals surface area contributed by atoms with Gasteiger partial charge in [-0.3, -0.25) is 0 Å². The summed E-state index contributed by atoms with van der Waals surface area (Å²) in [6.07, 6.45) is 12.8. The molecule has 1 saturated heterocycles. The van der Waals surface area contributed by atoms with Crippen LogP contribution in [0.2, 0.25) is 0 Å². The summed E-state index contributed by atoms with van der Waals surface area (Å²) in [4.78, 5) is 2.48. The predicted molar refractivity (Wildman–Crippen MR) is 63.3 cm³/mol. The molecule has 0 aliphatic carbocycles. The highest BCUT2D eigenvalue weighted by Gasteiger charge is 2.05. The van der Waals surface area contributed by atoms with Gasteiger partial charge in [0.15, 0.2) is 0 Å². The van der Waals surface area contributed by atoms with E-state index in [1.165, 1.54) is 51.6 Å². The van der Waals surface area contributed by atoms with E-state index < -0.39 is 0 Å². The third kappa shape index (κ3) is 4.17. The van der Waals surface area contributed by atoms with Crippen LogP contribution in [0, 0.1) is 5.92 Å². The standard InChI is InChI=1S/C13H25N/c1-3-13(4-2)9-8-12-14-10-6-5-7-11-14/h8,12-13H,3-7,9-11H2,1-2H3/b12-8+. The van der Waals surface area contributed by atoms with Crippen molar-refractivity contribution in [1.29, 1.82) is 0 Å². The molecule has 1 fully saturated rings. The Morgan fingerprint density at radius 3 is 2.29 bits per heavy atom. The molecule has 82 valence electrons. The Kier molecular flexibility index (Phi) is 5.74. The molecule has 0 radical (unpaired) electrons. The van der Waals surface area contributed by atoms with E-state index in [2.05, 4.69) is 31.0 Å². The van der Waals surface area contributed by atoms with Gasteiger partial charge >= 0.3 is 0 Å². The van der Waals surface area contributed by atoms with Crippen LogP contribution in [0.1, 0.15) is 52.4 Å². The molecule has 0 aromatic rings. The smallest absolute Gasteiger partial charge is 0.0172 e. The molecule has 0 spiro atoms. The second-order valence-corrected chi connectivity index (χ2v) is 4.40. The number of likely N-dealkylation sites (tertiary alicyclic amines) is 1.